The fraction of sp³-hybridized carbons (Fsp3) is 1.00. The van der Waals surface area contributed by atoms with Gasteiger partial charge in [-0.2, -0.15) is 0 Å². The molecule has 0 radical (unpaired) electrons. The minimum Gasteiger partial charge on any atom is -0.396 e. The summed E-state index contributed by atoms with van der Waals surface area (Å²) in [6.07, 6.45) is 6.59. The molecule has 0 aliphatic carbocycles. The first kappa shape index (κ1) is 8.52. The third-order valence-electron chi connectivity index (χ3n) is 3.38. The second-order valence-corrected chi connectivity index (χ2v) is 4.26. The molecule has 2 aliphatic rings. The monoisotopic (exact) mass is 169 g/mol. The first-order valence-electron chi connectivity index (χ1n) is 5.25. The fourth-order valence-electron chi connectivity index (χ4n) is 2.75. The van der Waals surface area contributed by atoms with Gasteiger partial charge in [-0.1, -0.05) is 6.42 Å². The van der Waals surface area contributed by atoms with Crippen LogP contribution in [0.15, 0.2) is 0 Å². The van der Waals surface area contributed by atoms with Crippen LogP contribution in [-0.4, -0.2) is 35.7 Å². The Labute approximate surface area is 74.6 Å². The molecule has 2 heterocycles. The van der Waals surface area contributed by atoms with E-state index in [0.717, 1.165) is 18.4 Å². The predicted molar refractivity (Wildman–Crippen MR) is 49.0 cm³/mol. The molecule has 0 saturated carbocycles. The maximum absolute atomic E-state index is 8.84. The van der Waals surface area contributed by atoms with E-state index in [1.165, 1.54) is 38.8 Å². The summed E-state index contributed by atoms with van der Waals surface area (Å²) in [6, 6.07) is 0.871. The molecule has 2 nitrogen and oxygen atoms in total. The van der Waals surface area contributed by atoms with Gasteiger partial charge in [-0.25, -0.2) is 0 Å². The highest BCUT2D eigenvalue weighted by Crippen LogP contribution is 2.31. The van der Waals surface area contributed by atoms with E-state index in [1.54, 1.807) is 0 Å². The molecule has 0 aromatic heterocycles. The zero-order valence-electron chi connectivity index (χ0n) is 7.71. The highest BCUT2D eigenvalue weighted by Gasteiger charge is 2.32. The summed E-state index contributed by atoms with van der Waals surface area (Å²) in [5.41, 5.74) is 0. The standard InChI is InChI=1S/C10H19NO/c12-6-4-9-7-10-3-1-2-5-11(10)8-9/h9-10,12H,1-8H2. The molecule has 0 aromatic rings. The number of nitrogens with zero attached hydrogens (tertiary/aromatic N) is 1. The second-order valence-electron chi connectivity index (χ2n) is 4.26. The van der Waals surface area contributed by atoms with E-state index in [-0.39, 0.29) is 0 Å². The summed E-state index contributed by atoms with van der Waals surface area (Å²) in [6.45, 7) is 2.95. The van der Waals surface area contributed by atoms with Crippen LogP contribution in [0.4, 0.5) is 0 Å². The van der Waals surface area contributed by atoms with E-state index in [4.69, 9.17) is 5.11 Å². The van der Waals surface area contributed by atoms with E-state index in [1.807, 2.05) is 0 Å². The predicted octanol–water partition coefficient (Wildman–Crippen LogP) is 1.24. The molecule has 2 atom stereocenters. The zero-order valence-corrected chi connectivity index (χ0v) is 7.71. The lowest BCUT2D eigenvalue weighted by atomic mass is 9.98. The van der Waals surface area contributed by atoms with Crippen LogP contribution in [0.3, 0.4) is 0 Å². The number of piperidine rings is 1. The van der Waals surface area contributed by atoms with Crippen LogP contribution in [0, 0.1) is 5.92 Å². The van der Waals surface area contributed by atoms with Gasteiger partial charge in [0.15, 0.2) is 0 Å². The van der Waals surface area contributed by atoms with Crippen molar-refractivity contribution in [3.8, 4) is 0 Å². The minimum atomic E-state index is 0.380. The van der Waals surface area contributed by atoms with E-state index >= 15 is 0 Å². The maximum Gasteiger partial charge on any atom is 0.0434 e. The van der Waals surface area contributed by atoms with Crippen LogP contribution >= 0.6 is 0 Å². The molecule has 2 unspecified atom stereocenters. The molecule has 70 valence electrons. The maximum atomic E-state index is 8.84. The lowest BCUT2D eigenvalue weighted by molar-refractivity contribution is 0.194. The first-order valence-corrected chi connectivity index (χ1v) is 5.25. The summed E-state index contributed by atoms with van der Waals surface area (Å²) in [5.74, 6) is 0.790. The highest BCUT2D eigenvalue weighted by molar-refractivity contribution is 4.87. The summed E-state index contributed by atoms with van der Waals surface area (Å²) in [7, 11) is 0. The van der Waals surface area contributed by atoms with Crippen molar-refractivity contribution >= 4 is 0 Å². The van der Waals surface area contributed by atoms with Gasteiger partial charge in [-0.3, -0.25) is 0 Å². The Morgan fingerprint density at radius 1 is 1.33 bits per heavy atom. The highest BCUT2D eigenvalue weighted by atomic mass is 16.3. The Balaban J connectivity index is 1.85. The smallest absolute Gasteiger partial charge is 0.0434 e. The van der Waals surface area contributed by atoms with Crippen molar-refractivity contribution in [1.82, 2.24) is 4.90 Å². The normalized spacial score (nSPS) is 36.8. The third kappa shape index (κ3) is 1.64. The van der Waals surface area contributed by atoms with Gasteiger partial charge in [0.25, 0.3) is 0 Å². The van der Waals surface area contributed by atoms with Gasteiger partial charge >= 0.3 is 0 Å². The van der Waals surface area contributed by atoms with Gasteiger partial charge in [0.2, 0.25) is 0 Å². The Morgan fingerprint density at radius 3 is 3.00 bits per heavy atom. The van der Waals surface area contributed by atoms with Crippen LogP contribution in [0.25, 0.3) is 0 Å². The average Bonchev–Trinajstić information content (AvgIpc) is 2.47. The number of hydrogen-bond donors (Lipinski definition) is 1. The van der Waals surface area contributed by atoms with E-state index in [2.05, 4.69) is 4.90 Å². The number of fused-ring (bicyclic) bond motifs is 1. The molecule has 2 fully saturated rings. The van der Waals surface area contributed by atoms with Crippen LogP contribution in [0.2, 0.25) is 0 Å². The molecule has 1 N–H and O–H groups in total. The Bertz CT molecular complexity index is 135. The molecular formula is C10H19NO. The molecule has 2 aliphatic heterocycles. The molecule has 0 aromatic carbocycles. The van der Waals surface area contributed by atoms with Crippen molar-refractivity contribution in [1.29, 1.82) is 0 Å². The van der Waals surface area contributed by atoms with Crippen molar-refractivity contribution in [2.75, 3.05) is 19.7 Å². The zero-order chi connectivity index (χ0) is 8.39. The fourth-order valence-corrected chi connectivity index (χ4v) is 2.75. The van der Waals surface area contributed by atoms with Gasteiger partial charge in [-0.05, 0) is 38.1 Å². The molecule has 0 spiro atoms. The molecule has 12 heavy (non-hydrogen) atoms. The molecule has 2 heteroatoms. The van der Waals surface area contributed by atoms with E-state index in [9.17, 15) is 0 Å². The third-order valence-corrected chi connectivity index (χ3v) is 3.38. The van der Waals surface area contributed by atoms with Gasteiger partial charge in [-0.15, -0.1) is 0 Å². The molecule has 2 rings (SSSR count). The Kier molecular flexibility index (Phi) is 2.66. The Morgan fingerprint density at radius 2 is 2.25 bits per heavy atom. The van der Waals surface area contributed by atoms with Gasteiger partial charge < -0.3 is 10.0 Å². The topological polar surface area (TPSA) is 23.5 Å². The van der Waals surface area contributed by atoms with Crippen molar-refractivity contribution in [3.63, 3.8) is 0 Å². The summed E-state index contributed by atoms with van der Waals surface area (Å²) < 4.78 is 0. The molecule has 0 amide bonds. The number of aliphatic hydroxyl groups excluding tert-OH is 1. The molecule has 2 saturated heterocycles. The van der Waals surface area contributed by atoms with Crippen molar-refractivity contribution < 1.29 is 5.11 Å². The van der Waals surface area contributed by atoms with Crippen LogP contribution in [0.5, 0.6) is 0 Å². The summed E-state index contributed by atoms with van der Waals surface area (Å²) >= 11 is 0. The van der Waals surface area contributed by atoms with Crippen LogP contribution < -0.4 is 0 Å². The number of aliphatic hydroxyl groups is 1. The first-order chi connectivity index (χ1) is 5.90. The van der Waals surface area contributed by atoms with Gasteiger partial charge in [0.05, 0.1) is 0 Å². The number of rotatable bonds is 2. The quantitative estimate of drug-likeness (QED) is 0.672. The Hall–Kier alpha value is -0.0800. The van der Waals surface area contributed by atoms with Crippen LogP contribution in [0.1, 0.15) is 32.1 Å². The summed E-state index contributed by atoms with van der Waals surface area (Å²) in [4.78, 5) is 2.63. The van der Waals surface area contributed by atoms with E-state index in [0.29, 0.717) is 6.61 Å². The lowest BCUT2D eigenvalue weighted by Crippen LogP contribution is -2.34. The minimum absolute atomic E-state index is 0.380. The van der Waals surface area contributed by atoms with Gasteiger partial charge in [0.1, 0.15) is 0 Å². The SMILES string of the molecule is OCCC1CC2CCCCN2C1. The van der Waals surface area contributed by atoms with Crippen molar-refractivity contribution in [2.45, 2.75) is 38.1 Å². The summed E-state index contributed by atoms with van der Waals surface area (Å²) in [5, 5.41) is 8.84. The van der Waals surface area contributed by atoms with Crippen molar-refractivity contribution in [2.24, 2.45) is 5.92 Å². The van der Waals surface area contributed by atoms with Crippen molar-refractivity contribution in [3.05, 3.63) is 0 Å². The second kappa shape index (κ2) is 3.75. The van der Waals surface area contributed by atoms with Crippen LogP contribution in [-0.2, 0) is 0 Å². The van der Waals surface area contributed by atoms with Gasteiger partial charge in [0, 0.05) is 19.2 Å². The number of hydrogen-bond acceptors (Lipinski definition) is 2. The average molecular weight is 169 g/mol. The molecular weight excluding hydrogens is 150 g/mol. The van der Waals surface area contributed by atoms with E-state index < -0.39 is 0 Å². The largest absolute Gasteiger partial charge is 0.396 e. The lowest BCUT2D eigenvalue weighted by Gasteiger charge is -2.28. The molecule has 0 bridgehead atoms.